The number of nitrogens with two attached hydrogens (primary N) is 1. The van der Waals surface area contributed by atoms with Crippen molar-refractivity contribution in [1.82, 2.24) is 4.90 Å². The minimum atomic E-state index is -1.19. The number of fused-ring (bicyclic) bond motifs is 1. The molecule has 0 bridgehead atoms. The largest absolute Gasteiger partial charge is 0.490 e. The van der Waals surface area contributed by atoms with E-state index in [1.165, 1.54) is 11.0 Å². The molecule has 0 saturated heterocycles. The van der Waals surface area contributed by atoms with Crippen molar-refractivity contribution in [3.63, 3.8) is 0 Å². The van der Waals surface area contributed by atoms with E-state index in [0.717, 1.165) is 0 Å². The fourth-order valence-electron chi connectivity index (χ4n) is 4.56. The molecule has 4 N–H and O–H groups in total. The number of halogens is 2. The zero-order valence-corrected chi connectivity index (χ0v) is 26.7. The number of hydrogen-bond donors (Lipinski definition) is 3. The molecule has 0 atom stereocenters. The van der Waals surface area contributed by atoms with E-state index in [1.54, 1.807) is 26.0 Å². The monoisotopic (exact) mass is 667 g/mol. The van der Waals surface area contributed by atoms with Crippen LogP contribution in [0.1, 0.15) is 74.5 Å². The van der Waals surface area contributed by atoms with Crippen molar-refractivity contribution in [3.05, 3.63) is 46.3 Å². The van der Waals surface area contributed by atoms with Crippen molar-refractivity contribution in [2.75, 3.05) is 33.0 Å². The smallest absolute Gasteiger partial charge is 0.341 e. The van der Waals surface area contributed by atoms with E-state index in [4.69, 9.17) is 30.1 Å². The van der Waals surface area contributed by atoms with Gasteiger partial charge in [-0.25, -0.2) is 9.18 Å². The molecule has 0 fully saturated rings. The topological polar surface area (TPSA) is 161 Å². The molecular weight excluding hydrogens is 629 g/mol. The van der Waals surface area contributed by atoms with Gasteiger partial charge in [0.15, 0.2) is 41.2 Å². The third-order valence-electron chi connectivity index (χ3n) is 6.46. The zero-order chi connectivity index (χ0) is 31.2. The summed E-state index contributed by atoms with van der Waals surface area (Å²) in [6.07, 6.45) is 0.388. The highest BCUT2D eigenvalue weighted by Crippen LogP contribution is 2.41. The number of benzene rings is 2. The molecule has 1 aliphatic rings. The van der Waals surface area contributed by atoms with E-state index in [9.17, 15) is 19.5 Å². The molecule has 0 saturated carbocycles. The highest BCUT2D eigenvalue weighted by atomic mass is 79.9. The van der Waals surface area contributed by atoms with Crippen molar-refractivity contribution in [1.29, 1.82) is 5.41 Å². The number of primary amides is 1. The maximum atomic E-state index is 15.5. The minimum Gasteiger partial charge on any atom is -0.490 e. The molecular formula is C30H39BrFN3O8. The summed E-state index contributed by atoms with van der Waals surface area (Å²) in [4.78, 5) is 37.5. The van der Waals surface area contributed by atoms with Crippen molar-refractivity contribution in [2.24, 2.45) is 5.73 Å². The number of nitrogens with one attached hydrogen (secondary N) is 1. The van der Waals surface area contributed by atoms with Gasteiger partial charge in [-0.3, -0.25) is 15.0 Å². The van der Waals surface area contributed by atoms with Crippen LogP contribution in [-0.4, -0.2) is 66.5 Å². The number of ether oxygens (including phenoxy) is 4. The number of carboxylic acid groups (broad SMARTS) is 1. The molecule has 0 radical (unpaired) electrons. The van der Waals surface area contributed by atoms with Gasteiger partial charge in [0.1, 0.15) is 5.84 Å². The average molecular weight is 669 g/mol. The normalized spacial score (nSPS) is 12.3. The minimum absolute atomic E-state index is 0. The second-order valence-corrected chi connectivity index (χ2v) is 10.7. The summed E-state index contributed by atoms with van der Waals surface area (Å²) in [5, 5.41) is 17.9. The first-order valence-corrected chi connectivity index (χ1v) is 13.7. The first-order valence-electron chi connectivity index (χ1n) is 13.7. The third kappa shape index (κ3) is 8.59. The Kier molecular flexibility index (Phi) is 12.4. The number of aliphatic carboxylic acids is 1. The van der Waals surface area contributed by atoms with Gasteiger partial charge < -0.3 is 34.7 Å². The highest BCUT2D eigenvalue weighted by molar-refractivity contribution is 8.93. The summed E-state index contributed by atoms with van der Waals surface area (Å²) in [5.74, 6) is -2.43. The second kappa shape index (κ2) is 15.0. The van der Waals surface area contributed by atoms with Crippen LogP contribution in [0.5, 0.6) is 23.0 Å². The predicted molar refractivity (Wildman–Crippen MR) is 163 cm³/mol. The SMILES string of the molecule is Br.CCOc1cc2c(c(F)c1OCC)C(=N)N(CC(=O)c1cc(OCCCC(N)=O)c(OCC(=O)O)c(C(C)(C)C)c1)C2. The fourth-order valence-corrected chi connectivity index (χ4v) is 4.56. The standard InChI is InChI=1S/C30H38FN3O8.BrH/c1-6-39-22-13-18-14-34(29(33)25(18)26(31)28(22)40-7-2)15-20(35)17-11-19(30(3,4)5)27(42-16-24(37)38)21(12-17)41-10-8-9-23(32)36;/h11-13,33H,6-10,14-16H2,1-5H3,(H2,32,36)(H,37,38);1H. The van der Waals surface area contributed by atoms with Crippen LogP contribution in [-0.2, 0) is 21.5 Å². The Morgan fingerprint density at radius 1 is 1.02 bits per heavy atom. The van der Waals surface area contributed by atoms with Crippen LogP contribution in [0.15, 0.2) is 18.2 Å². The molecule has 3 rings (SSSR count). The average Bonchev–Trinajstić information content (AvgIpc) is 3.21. The number of carbonyl (C=O) groups excluding carboxylic acids is 2. The molecule has 1 amide bonds. The van der Waals surface area contributed by atoms with Gasteiger partial charge >= 0.3 is 5.97 Å². The fraction of sp³-hybridized carbons (Fsp3) is 0.467. The van der Waals surface area contributed by atoms with E-state index in [0.29, 0.717) is 24.2 Å². The molecule has 236 valence electrons. The molecule has 2 aromatic carbocycles. The Bertz CT molecular complexity index is 1380. The number of nitrogens with zero attached hydrogens (tertiary/aromatic N) is 1. The zero-order valence-electron chi connectivity index (χ0n) is 25.0. The van der Waals surface area contributed by atoms with Gasteiger partial charge in [0.25, 0.3) is 0 Å². The maximum Gasteiger partial charge on any atom is 0.341 e. The molecule has 0 unspecified atom stereocenters. The highest BCUT2D eigenvalue weighted by Gasteiger charge is 2.34. The summed E-state index contributed by atoms with van der Waals surface area (Å²) in [7, 11) is 0. The molecule has 13 heteroatoms. The number of amidine groups is 1. The number of Topliss-reactive ketones (excluding diaryl/α,β-unsaturated/α-hetero) is 1. The Morgan fingerprint density at radius 2 is 1.67 bits per heavy atom. The molecule has 0 aromatic heterocycles. The molecule has 2 aromatic rings. The number of rotatable bonds is 15. The van der Waals surface area contributed by atoms with Gasteiger partial charge in [-0.05, 0) is 49.4 Å². The number of hydrogen-bond acceptors (Lipinski definition) is 8. The van der Waals surface area contributed by atoms with Crippen LogP contribution in [0.4, 0.5) is 4.39 Å². The van der Waals surface area contributed by atoms with Crippen LogP contribution < -0.4 is 24.7 Å². The molecule has 1 aliphatic heterocycles. The Labute approximate surface area is 260 Å². The van der Waals surface area contributed by atoms with Gasteiger partial charge in [-0.1, -0.05) is 20.8 Å². The van der Waals surface area contributed by atoms with Crippen molar-refractivity contribution >= 4 is 40.5 Å². The Morgan fingerprint density at radius 3 is 2.26 bits per heavy atom. The molecule has 11 nitrogen and oxygen atoms in total. The summed E-state index contributed by atoms with van der Waals surface area (Å²) in [6, 6.07) is 4.70. The number of carboxylic acids is 1. The third-order valence-corrected chi connectivity index (χ3v) is 6.46. The number of ketones is 1. The summed E-state index contributed by atoms with van der Waals surface area (Å²) < 4.78 is 38.0. The van der Waals surface area contributed by atoms with Crippen molar-refractivity contribution < 1.29 is 42.8 Å². The summed E-state index contributed by atoms with van der Waals surface area (Å²) >= 11 is 0. The van der Waals surface area contributed by atoms with Crippen LogP contribution in [0.2, 0.25) is 0 Å². The van der Waals surface area contributed by atoms with Crippen LogP contribution in [0.25, 0.3) is 0 Å². The first kappa shape index (κ1) is 35.3. The van der Waals surface area contributed by atoms with Gasteiger partial charge in [0, 0.05) is 24.1 Å². The van der Waals surface area contributed by atoms with E-state index >= 15 is 4.39 Å². The van der Waals surface area contributed by atoms with Gasteiger partial charge in [0.2, 0.25) is 5.91 Å². The van der Waals surface area contributed by atoms with E-state index in [-0.39, 0.29) is 95.4 Å². The maximum absolute atomic E-state index is 15.5. The Hall–Kier alpha value is -3.87. The van der Waals surface area contributed by atoms with E-state index < -0.39 is 29.7 Å². The quantitative estimate of drug-likeness (QED) is 0.182. The molecule has 0 aliphatic carbocycles. The number of carbonyl (C=O) groups is 3. The lowest BCUT2D eigenvalue weighted by Gasteiger charge is -2.26. The van der Waals surface area contributed by atoms with Gasteiger partial charge in [-0.15, -0.1) is 17.0 Å². The lowest BCUT2D eigenvalue weighted by Crippen LogP contribution is -2.31. The van der Waals surface area contributed by atoms with E-state index in [1.807, 2.05) is 20.8 Å². The van der Waals surface area contributed by atoms with Crippen LogP contribution in [0.3, 0.4) is 0 Å². The Balaban J connectivity index is 0.00000645. The lowest BCUT2D eigenvalue weighted by molar-refractivity contribution is -0.139. The van der Waals surface area contributed by atoms with Crippen LogP contribution in [0, 0.1) is 11.2 Å². The molecule has 0 spiro atoms. The van der Waals surface area contributed by atoms with Crippen molar-refractivity contribution in [2.45, 2.75) is 59.4 Å². The predicted octanol–water partition coefficient (Wildman–Crippen LogP) is 4.63. The van der Waals surface area contributed by atoms with Gasteiger partial charge in [-0.2, -0.15) is 0 Å². The summed E-state index contributed by atoms with van der Waals surface area (Å²) in [5.41, 5.74) is 5.97. The van der Waals surface area contributed by atoms with E-state index in [2.05, 4.69) is 0 Å². The summed E-state index contributed by atoms with van der Waals surface area (Å²) in [6.45, 7) is 8.96. The van der Waals surface area contributed by atoms with Crippen molar-refractivity contribution in [3.8, 4) is 23.0 Å². The molecule has 1 heterocycles. The molecule has 43 heavy (non-hydrogen) atoms. The van der Waals surface area contributed by atoms with Crippen LogP contribution >= 0.6 is 17.0 Å². The number of amides is 1. The van der Waals surface area contributed by atoms with Gasteiger partial charge in [0.05, 0.1) is 31.9 Å². The lowest BCUT2D eigenvalue weighted by atomic mass is 9.84. The first-order chi connectivity index (χ1) is 19.8. The second-order valence-electron chi connectivity index (χ2n) is 10.7.